The van der Waals surface area contributed by atoms with Crippen molar-refractivity contribution in [3.8, 4) is 0 Å². The molecule has 0 saturated carbocycles. The number of nitrogens with one attached hydrogen (secondary N) is 2. The van der Waals surface area contributed by atoms with Crippen LogP contribution >= 0.6 is 11.6 Å². The number of hydrogen-bond acceptors (Lipinski definition) is 3. The van der Waals surface area contributed by atoms with Gasteiger partial charge in [0, 0.05) is 30.5 Å². The maximum Gasteiger partial charge on any atom is 0.243 e. The molecule has 5 nitrogen and oxygen atoms in total. The first-order valence-electron chi connectivity index (χ1n) is 7.53. The Morgan fingerprint density at radius 2 is 1.83 bits per heavy atom. The van der Waals surface area contributed by atoms with Gasteiger partial charge in [0.2, 0.25) is 11.8 Å². The Labute approximate surface area is 146 Å². The van der Waals surface area contributed by atoms with Crippen molar-refractivity contribution < 1.29 is 9.59 Å². The summed E-state index contributed by atoms with van der Waals surface area (Å²) in [7, 11) is 3.44. The van der Waals surface area contributed by atoms with Gasteiger partial charge in [-0.2, -0.15) is 0 Å². The van der Waals surface area contributed by atoms with Gasteiger partial charge in [0.25, 0.3) is 0 Å². The van der Waals surface area contributed by atoms with Gasteiger partial charge in [-0.15, -0.1) is 0 Å². The molecule has 0 aliphatic heterocycles. The highest BCUT2D eigenvalue weighted by atomic mass is 35.5. The van der Waals surface area contributed by atoms with Crippen LogP contribution in [0, 0.1) is 0 Å². The lowest BCUT2D eigenvalue weighted by Gasteiger charge is -2.14. The Hall–Kier alpha value is -2.53. The number of hydrogen-bond donors (Lipinski definition) is 2. The van der Waals surface area contributed by atoms with Crippen molar-refractivity contribution >= 4 is 34.8 Å². The number of benzene rings is 2. The van der Waals surface area contributed by atoms with Crippen LogP contribution in [0.1, 0.15) is 5.56 Å². The second-order valence-electron chi connectivity index (χ2n) is 5.53. The van der Waals surface area contributed by atoms with Crippen LogP contribution in [-0.4, -0.2) is 37.4 Å². The molecular weight excluding hydrogens is 326 g/mol. The van der Waals surface area contributed by atoms with E-state index in [1.165, 1.54) is 0 Å². The second-order valence-corrected chi connectivity index (χ2v) is 5.97. The summed E-state index contributed by atoms with van der Waals surface area (Å²) in [5.41, 5.74) is 2.27. The van der Waals surface area contributed by atoms with Crippen LogP contribution < -0.4 is 10.6 Å². The van der Waals surface area contributed by atoms with Gasteiger partial charge in [0.1, 0.15) is 0 Å². The van der Waals surface area contributed by atoms with Crippen LogP contribution in [-0.2, 0) is 16.0 Å². The molecule has 0 atom stereocenters. The maximum absolute atomic E-state index is 12.0. The van der Waals surface area contributed by atoms with Crippen LogP contribution in [0.3, 0.4) is 0 Å². The van der Waals surface area contributed by atoms with E-state index in [4.69, 9.17) is 11.6 Å². The molecule has 0 unspecified atom stereocenters. The Morgan fingerprint density at radius 3 is 2.54 bits per heavy atom. The summed E-state index contributed by atoms with van der Waals surface area (Å²) in [5.74, 6) is -0.182. The summed E-state index contributed by atoms with van der Waals surface area (Å²) in [5, 5.41) is 6.41. The number of nitrogens with zero attached hydrogens (tertiary/aromatic N) is 1. The first-order chi connectivity index (χ1) is 11.5. The minimum atomic E-state index is -0.189. The first kappa shape index (κ1) is 17.8. The lowest BCUT2D eigenvalue weighted by molar-refractivity contribution is -0.127. The van der Waals surface area contributed by atoms with Crippen LogP contribution in [0.25, 0.3) is 0 Å². The third-order valence-electron chi connectivity index (χ3n) is 3.41. The molecule has 0 aromatic heterocycles. The third kappa shape index (κ3) is 5.28. The monoisotopic (exact) mass is 345 g/mol. The fourth-order valence-corrected chi connectivity index (χ4v) is 2.31. The van der Waals surface area contributed by atoms with E-state index in [1.54, 1.807) is 43.3 Å². The zero-order valence-electron chi connectivity index (χ0n) is 13.7. The molecule has 0 aliphatic rings. The molecule has 2 aromatic carbocycles. The molecular formula is C18H20ClN3O2. The Balaban J connectivity index is 1.96. The summed E-state index contributed by atoms with van der Waals surface area (Å²) in [6, 6.07) is 14.4. The van der Waals surface area contributed by atoms with Crippen molar-refractivity contribution in [2.45, 2.75) is 6.42 Å². The quantitative estimate of drug-likeness (QED) is 0.846. The average molecular weight is 346 g/mol. The summed E-state index contributed by atoms with van der Waals surface area (Å²) in [6.45, 7) is 0.0969. The number of likely N-dealkylation sites (N-methyl/N-ethyl adjacent to an activating group) is 1. The minimum absolute atomic E-state index is 0.00706. The zero-order chi connectivity index (χ0) is 17.5. The van der Waals surface area contributed by atoms with Crippen molar-refractivity contribution in [2.24, 2.45) is 0 Å². The van der Waals surface area contributed by atoms with E-state index in [1.807, 2.05) is 24.3 Å². The predicted molar refractivity (Wildman–Crippen MR) is 97.4 cm³/mol. The molecule has 126 valence electrons. The van der Waals surface area contributed by atoms with Gasteiger partial charge in [-0.1, -0.05) is 35.9 Å². The molecule has 0 spiro atoms. The van der Waals surface area contributed by atoms with Gasteiger partial charge in [-0.3, -0.25) is 9.59 Å². The SMILES string of the molecule is CN(C)C(=O)Cc1ccccc1NCC(=O)Nc1cccc(Cl)c1. The Kier molecular flexibility index (Phi) is 6.21. The van der Waals surface area contributed by atoms with Gasteiger partial charge < -0.3 is 15.5 Å². The lowest BCUT2D eigenvalue weighted by Crippen LogP contribution is -2.25. The van der Waals surface area contributed by atoms with E-state index >= 15 is 0 Å². The molecule has 24 heavy (non-hydrogen) atoms. The highest BCUT2D eigenvalue weighted by molar-refractivity contribution is 6.30. The number of halogens is 1. The fraction of sp³-hybridized carbons (Fsp3) is 0.222. The van der Waals surface area contributed by atoms with Crippen molar-refractivity contribution in [1.82, 2.24) is 4.90 Å². The maximum atomic E-state index is 12.0. The average Bonchev–Trinajstić information content (AvgIpc) is 2.54. The largest absolute Gasteiger partial charge is 0.376 e. The molecule has 0 saturated heterocycles. The summed E-state index contributed by atoms with van der Waals surface area (Å²) in [4.78, 5) is 25.5. The van der Waals surface area contributed by atoms with Gasteiger partial charge in [0.15, 0.2) is 0 Å². The van der Waals surface area contributed by atoms with Crippen LogP contribution in [0.4, 0.5) is 11.4 Å². The van der Waals surface area contributed by atoms with E-state index in [0.29, 0.717) is 10.7 Å². The molecule has 0 aliphatic carbocycles. The van der Waals surface area contributed by atoms with Gasteiger partial charge in [0.05, 0.1) is 13.0 Å². The molecule has 2 N–H and O–H groups in total. The Bertz CT molecular complexity index is 732. The van der Waals surface area contributed by atoms with Crippen molar-refractivity contribution in [3.63, 3.8) is 0 Å². The van der Waals surface area contributed by atoms with E-state index in [0.717, 1.165) is 11.3 Å². The van der Waals surface area contributed by atoms with Gasteiger partial charge in [-0.05, 0) is 29.8 Å². The normalized spacial score (nSPS) is 10.1. The highest BCUT2D eigenvalue weighted by Crippen LogP contribution is 2.17. The third-order valence-corrected chi connectivity index (χ3v) is 3.64. The zero-order valence-corrected chi connectivity index (χ0v) is 14.4. The van der Waals surface area contributed by atoms with Crippen LogP contribution in [0.15, 0.2) is 48.5 Å². The second kappa shape index (κ2) is 8.36. The van der Waals surface area contributed by atoms with Crippen LogP contribution in [0.2, 0.25) is 5.02 Å². The standard InChI is InChI=1S/C18H20ClN3O2/c1-22(2)18(24)10-13-6-3-4-9-16(13)20-12-17(23)21-15-8-5-7-14(19)11-15/h3-9,11,20H,10,12H2,1-2H3,(H,21,23). The summed E-state index contributed by atoms with van der Waals surface area (Å²) >= 11 is 5.89. The van der Waals surface area contributed by atoms with Gasteiger partial charge in [-0.25, -0.2) is 0 Å². The molecule has 2 amide bonds. The van der Waals surface area contributed by atoms with Gasteiger partial charge >= 0.3 is 0 Å². The minimum Gasteiger partial charge on any atom is -0.376 e. The summed E-state index contributed by atoms with van der Waals surface area (Å²) in [6.07, 6.45) is 0.284. The van der Waals surface area contributed by atoms with Crippen molar-refractivity contribution in [1.29, 1.82) is 0 Å². The number of amides is 2. The Morgan fingerprint density at radius 1 is 1.08 bits per heavy atom. The first-order valence-corrected chi connectivity index (χ1v) is 7.91. The molecule has 2 aromatic rings. The van der Waals surface area contributed by atoms with E-state index in [9.17, 15) is 9.59 Å². The number of para-hydroxylation sites is 1. The molecule has 0 fully saturated rings. The number of anilines is 2. The van der Waals surface area contributed by atoms with Crippen molar-refractivity contribution in [3.05, 3.63) is 59.1 Å². The smallest absolute Gasteiger partial charge is 0.243 e. The van der Waals surface area contributed by atoms with Crippen molar-refractivity contribution in [2.75, 3.05) is 31.3 Å². The van der Waals surface area contributed by atoms with E-state index in [2.05, 4.69) is 10.6 Å². The van der Waals surface area contributed by atoms with E-state index in [-0.39, 0.29) is 24.8 Å². The fourth-order valence-electron chi connectivity index (χ4n) is 2.11. The molecule has 0 bridgehead atoms. The molecule has 0 radical (unpaired) electrons. The number of rotatable bonds is 6. The molecule has 2 rings (SSSR count). The number of carbonyl (C=O) groups is 2. The molecule has 0 heterocycles. The summed E-state index contributed by atoms with van der Waals surface area (Å²) < 4.78 is 0. The highest BCUT2D eigenvalue weighted by Gasteiger charge is 2.10. The number of carbonyl (C=O) groups excluding carboxylic acids is 2. The van der Waals surface area contributed by atoms with E-state index < -0.39 is 0 Å². The van der Waals surface area contributed by atoms with Crippen LogP contribution in [0.5, 0.6) is 0 Å². The topological polar surface area (TPSA) is 61.4 Å². The predicted octanol–water partition coefficient (Wildman–Crippen LogP) is 3.02. The lowest BCUT2D eigenvalue weighted by atomic mass is 10.1. The molecule has 6 heteroatoms.